The average molecular weight is 581 g/mol. The molecule has 3 rings (SSSR count). The lowest BCUT2D eigenvalue weighted by atomic mass is 10.0. The van der Waals surface area contributed by atoms with Crippen LogP contribution in [0.1, 0.15) is 30.4 Å². The van der Waals surface area contributed by atoms with Crippen LogP contribution in [-0.2, 0) is 41.6 Å². The van der Waals surface area contributed by atoms with Gasteiger partial charge in [-0.05, 0) is 36.1 Å². The summed E-state index contributed by atoms with van der Waals surface area (Å²) in [6.07, 6.45) is 1.25. The number of carbonyl (C=O) groups excluding carboxylic acids is 6. The maximum Gasteiger partial charge on any atom is 0.243 e. The summed E-state index contributed by atoms with van der Waals surface area (Å²) in [4.78, 5) is 75.7. The molecule has 1 saturated heterocycles. The van der Waals surface area contributed by atoms with Crippen LogP contribution >= 0.6 is 0 Å². The number of amides is 6. The van der Waals surface area contributed by atoms with Crippen molar-refractivity contribution >= 4 is 35.4 Å². The van der Waals surface area contributed by atoms with Gasteiger partial charge in [0, 0.05) is 25.8 Å². The first kappa shape index (κ1) is 31.6. The van der Waals surface area contributed by atoms with Gasteiger partial charge in [-0.2, -0.15) is 0 Å². The minimum absolute atomic E-state index is 0.0529. The Morgan fingerprint density at radius 1 is 0.571 bits per heavy atom. The predicted octanol–water partition coefficient (Wildman–Crippen LogP) is -1.20. The van der Waals surface area contributed by atoms with E-state index in [9.17, 15) is 33.9 Å². The molecule has 0 radical (unpaired) electrons. The zero-order valence-corrected chi connectivity index (χ0v) is 23.1. The fourth-order valence-electron chi connectivity index (χ4n) is 4.17. The minimum atomic E-state index is -1.06. The van der Waals surface area contributed by atoms with Crippen LogP contribution in [0.5, 0.6) is 5.75 Å². The van der Waals surface area contributed by atoms with E-state index in [1.54, 1.807) is 36.4 Å². The summed E-state index contributed by atoms with van der Waals surface area (Å²) in [6, 6.07) is 13.0. The zero-order valence-electron chi connectivity index (χ0n) is 23.1. The number of phenolic OH excluding ortho intramolecular Hbond substituents is 1. The monoisotopic (exact) mass is 580 g/mol. The number of hydrogen-bond acceptors (Lipinski definition) is 7. The number of carbonyl (C=O) groups is 6. The first-order valence-corrected chi connectivity index (χ1v) is 13.7. The Labute approximate surface area is 243 Å². The van der Waals surface area contributed by atoms with Crippen molar-refractivity contribution in [1.82, 2.24) is 31.9 Å². The van der Waals surface area contributed by atoms with Crippen molar-refractivity contribution < 1.29 is 33.9 Å². The molecule has 224 valence electrons. The first-order chi connectivity index (χ1) is 20.2. The van der Waals surface area contributed by atoms with Crippen LogP contribution in [0.2, 0.25) is 0 Å². The Balaban J connectivity index is 1.74. The van der Waals surface area contributed by atoms with Gasteiger partial charge >= 0.3 is 0 Å². The van der Waals surface area contributed by atoms with E-state index < -0.39 is 54.7 Å². The van der Waals surface area contributed by atoms with Gasteiger partial charge in [0.2, 0.25) is 35.4 Å². The molecule has 0 aliphatic carbocycles. The predicted molar refractivity (Wildman–Crippen MR) is 152 cm³/mol. The van der Waals surface area contributed by atoms with Crippen molar-refractivity contribution in [1.29, 1.82) is 0 Å². The van der Waals surface area contributed by atoms with Gasteiger partial charge in [0.25, 0.3) is 0 Å². The molecule has 0 unspecified atom stereocenters. The molecule has 0 bridgehead atoms. The molecule has 0 saturated carbocycles. The lowest BCUT2D eigenvalue weighted by molar-refractivity contribution is -0.132. The summed E-state index contributed by atoms with van der Waals surface area (Å²) in [5.41, 5.74) is 1.43. The van der Waals surface area contributed by atoms with Crippen molar-refractivity contribution in [3.63, 3.8) is 0 Å². The third-order valence-corrected chi connectivity index (χ3v) is 6.41. The van der Waals surface area contributed by atoms with E-state index in [4.69, 9.17) is 0 Å². The smallest absolute Gasteiger partial charge is 0.243 e. The van der Waals surface area contributed by atoms with E-state index in [0.29, 0.717) is 18.4 Å². The standard InChI is InChI=1S/C29H36N6O7/c36-21-11-9-20(10-12-21)15-22-28(41)33-18-27(40)35-23(14-19-6-2-1-3-7-19)29(42)32-17-26(39)31-16-25(38)30-13-5-4-8-24(37)34-22/h1-3,6-7,9-12,22-23,36H,4-5,8,13-18H2,(H,30,38)(H,31,39)(H,32,42)(H,33,41)(H,34,37)(H,35,40)/t22-,23-/m0/s1. The SMILES string of the molecule is O=C1CNC(=O)CNC(=O)[C@H](Cc2ccccc2)NC(=O)CNC(=O)[C@H](Cc2ccc(O)cc2)NC(=O)CCCCN1. The summed E-state index contributed by atoms with van der Waals surface area (Å²) in [5.74, 6) is -3.23. The van der Waals surface area contributed by atoms with E-state index in [2.05, 4.69) is 31.9 Å². The summed E-state index contributed by atoms with van der Waals surface area (Å²) in [6.45, 7) is -0.873. The summed E-state index contributed by atoms with van der Waals surface area (Å²) < 4.78 is 0. The fraction of sp³-hybridized carbons (Fsp3) is 0.379. The Bertz CT molecular complexity index is 1250. The van der Waals surface area contributed by atoms with Crippen molar-refractivity contribution in [3.05, 3.63) is 65.7 Å². The number of phenols is 1. The average Bonchev–Trinajstić information content (AvgIpc) is 2.98. The Hall–Kier alpha value is -4.94. The van der Waals surface area contributed by atoms with Gasteiger partial charge in [-0.15, -0.1) is 0 Å². The highest BCUT2D eigenvalue weighted by atomic mass is 16.3. The largest absolute Gasteiger partial charge is 0.508 e. The van der Waals surface area contributed by atoms with Crippen LogP contribution in [0.3, 0.4) is 0 Å². The van der Waals surface area contributed by atoms with Crippen LogP contribution in [-0.4, -0.2) is 78.8 Å². The van der Waals surface area contributed by atoms with Crippen molar-refractivity contribution in [3.8, 4) is 5.75 Å². The molecule has 1 aliphatic heterocycles. The molecule has 2 atom stereocenters. The lowest BCUT2D eigenvalue weighted by Gasteiger charge is -2.21. The number of aromatic hydroxyl groups is 1. The molecule has 2 aromatic rings. The quantitative estimate of drug-likeness (QED) is 0.236. The second-order valence-corrected chi connectivity index (χ2v) is 9.82. The summed E-state index contributed by atoms with van der Waals surface area (Å²) in [7, 11) is 0. The van der Waals surface area contributed by atoms with Gasteiger partial charge in [-0.1, -0.05) is 42.5 Å². The summed E-state index contributed by atoms with van der Waals surface area (Å²) in [5, 5.41) is 24.9. The maximum absolute atomic E-state index is 13.1. The van der Waals surface area contributed by atoms with Gasteiger partial charge in [-0.25, -0.2) is 0 Å². The van der Waals surface area contributed by atoms with Crippen LogP contribution in [0.4, 0.5) is 0 Å². The highest BCUT2D eigenvalue weighted by Crippen LogP contribution is 2.12. The molecular weight excluding hydrogens is 544 g/mol. The molecule has 7 N–H and O–H groups in total. The van der Waals surface area contributed by atoms with E-state index in [1.807, 2.05) is 6.07 Å². The van der Waals surface area contributed by atoms with Gasteiger partial charge in [-0.3, -0.25) is 28.8 Å². The number of hydrogen-bond donors (Lipinski definition) is 7. The third kappa shape index (κ3) is 11.3. The second-order valence-electron chi connectivity index (χ2n) is 9.82. The Kier molecular flexibility index (Phi) is 12.3. The molecule has 42 heavy (non-hydrogen) atoms. The maximum atomic E-state index is 13.1. The van der Waals surface area contributed by atoms with Crippen LogP contribution in [0, 0.1) is 0 Å². The molecule has 6 amide bonds. The molecule has 1 aliphatic rings. The van der Waals surface area contributed by atoms with E-state index >= 15 is 0 Å². The molecule has 2 aromatic carbocycles. The van der Waals surface area contributed by atoms with Crippen LogP contribution in [0.15, 0.2) is 54.6 Å². The molecule has 0 spiro atoms. The van der Waals surface area contributed by atoms with Gasteiger partial charge in [0.1, 0.15) is 17.8 Å². The Morgan fingerprint density at radius 2 is 1.10 bits per heavy atom. The van der Waals surface area contributed by atoms with Crippen molar-refractivity contribution in [2.24, 2.45) is 0 Å². The molecule has 1 heterocycles. The molecule has 0 aromatic heterocycles. The fourth-order valence-corrected chi connectivity index (χ4v) is 4.17. The van der Waals surface area contributed by atoms with Crippen LogP contribution in [0.25, 0.3) is 0 Å². The van der Waals surface area contributed by atoms with Crippen molar-refractivity contribution in [2.75, 3.05) is 26.2 Å². The third-order valence-electron chi connectivity index (χ3n) is 6.41. The lowest BCUT2D eigenvalue weighted by Crippen LogP contribution is -2.54. The summed E-state index contributed by atoms with van der Waals surface area (Å²) >= 11 is 0. The van der Waals surface area contributed by atoms with Crippen LogP contribution < -0.4 is 31.9 Å². The topological polar surface area (TPSA) is 195 Å². The van der Waals surface area contributed by atoms with Gasteiger partial charge in [0.05, 0.1) is 19.6 Å². The Morgan fingerprint density at radius 3 is 1.74 bits per heavy atom. The molecule has 13 nitrogen and oxygen atoms in total. The van der Waals surface area contributed by atoms with Crippen molar-refractivity contribution in [2.45, 2.75) is 44.2 Å². The van der Waals surface area contributed by atoms with E-state index in [1.165, 1.54) is 12.1 Å². The van der Waals surface area contributed by atoms with Gasteiger partial charge < -0.3 is 37.0 Å². The van der Waals surface area contributed by atoms with E-state index in [0.717, 1.165) is 5.56 Å². The second kappa shape index (κ2) is 16.4. The number of nitrogens with one attached hydrogen (secondary N) is 6. The highest BCUT2D eigenvalue weighted by Gasteiger charge is 2.25. The molecule has 1 fully saturated rings. The molecule has 13 heteroatoms. The first-order valence-electron chi connectivity index (χ1n) is 13.7. The molecular formula is C29H36N6O7. The normalized spacial score (nSPS) is 20.5. The van der Waals surface area contributed by atoms with E-state index in [-0.39, 0.29) is 44.0 Å². The van der Waals surface area contributed by atoms with Gasteiger partial charge in [0.15, 0.2) is 0 Å². The number of benzene rings is 2. The highest BCUT2D eigenvalue weighted by molar-refractivity contribution is 5.94. The minimum Gasteiger partial charge on any atom is -0.508 e. The number of rotatable bonds is 4. The zero-order chi connectivity index (χ0) is 30.3.